The van der Waals surface area contributed by atoms with Crippen molar-refractivity contribution in [2.75, 3.05) is 19.8 Å². The number of benzene rings is 2. The third kappa shape index (κ3) is 35.6. The molecule has 47 heavy (non-hydrogen) atoms. The summed E-state index contributed by atoms with van der Waals surface area (Å²) >= 11 is 0. The molecule has 0 spiro atoms. The smallest absolute Gasteiger partial charge is 0.307 e. The van der Waals surface area contributed by atoms with Crippen LogP contribution in [0.2, 0.25) is 0 Å². The molecule has 0 aliphatic carbocycles. The molecule has 1 atom stereocenters. The van der Waals surface area contributed by atoms with Gasteiger partial charge in [-0.3, -0.25) is 4.79 Å². The summed E-state index contributed by atoms with van der Waals surface area (Å²) in [6.45, 7) is 13.9. The van der Waals surface area contributed by atoms with Gasteiger partial charge in [0.05, 0.1) is 26.2 Å². The van der Waals surface area contributed by atoms with Crippen molar-refractivity contribution in [2.45, 2.75) is 54.1 Å². The van der Waals surface area contributed by atoms with Crippen LogP contribution in [0.25, 0.3) is 0 Å². The molecular weight excluding hydrogens is 1240 g/mol. The maximum Gasteiger partial charge on any atom is 0.307 e. The number of aliphatic carboxylic acids is 1. The van der Waals surface area contributed by atoms with Crippen LogP contribution >= 0.6 is 0 Å². The summed E-state index contributed by atoms with van der Waals surface area (Å²) < 4.78 is 17.7. The Bertz CT molecular complexity index is 945. The Kier molecular flexibility index (Phi) is 90.7. The molecule has 2 N–H and O–H groups in total. The van der Waals surface area contributed by atoms with Gasteiger partial charge in [0, 0.05) is 248 Å². The number of aliphatic hydroxyl groups excluding tert-OH is 1. The van der Waals surface area contributed by atoms with Gasteiger partial charge in [-0.05, 0) is 47.6 Å². The van der Waals surface area contributed by atoms with Crippen LogP contribution in [-0.4, -0.2) is 36.0 Å². The molecule has 0 aliphatic rings. The predicted molar refractivity (Wildman–Crippen MR) is 129 cm³/mol. The van der Waals surface area contributed by atoms with E-state index in [1.54, 1.807) is 24.3 Å². The molecule has 0 bridgehead atoms. The molecule has 0 heterocycles. The number of carbonyl (C=O) groups is 1. The molecular formula is C27H38Ni14O6. The van der Waals surface area contributed by atoms with Crippen LogP contribution < -0.4 is 14.2 Å². The third-order valence-corrected chi connectivity index (χ3v) is 4.75. The molecule has 20 heteroatoms. The minimum absolute atomic E-state index is 0. The average molecular weight is 1280 g/mol. The number of hydrogen-bond donors (Lipinski definition) is 2. The van der Waals surface area contributed by atoms with Crippen molar-refractivity contribution < 1.29 is 260 Å². The van der Waals surface area contributed by atoms with Gasteiger partial charge in [-0.25, -0.2) is 0 Å². The van der Waals surface area contributed by atoms with Crippen molar-refractivity contribution >= 4 is 5.97 Å². The maximum absolute atomic E-state index is 11.4. The van der Waals surface area contributed by atoms with Crippen molar-refractivity contribution in [3.05, 3.63) is 53.1 Å². The van der Waals surface area contributed by atoms with E-state index in [-0.39, 0.29) is 237 Å². The molecule has 0 fully saturated rings. The largest absolute Gasteiger partial charge is 0.493 e. The Morgan fingerprint density at radius 2 is 0.979 bits per heavy atom. The van der Waals surface area contributed by atoms with Gasteiger partial charge in [0.25, 0.3) is 0 Å². The Morgan fingerprint density at radius 1 is 0.574 bits per heavy atom. The zero-order valence-corrected chi connectivity index (χ0v) is 38.9. The standard InChI is InChI=1S/C27H38O6.14Ni/c1-17(2)14-31-22-8-9-23(25(13-22)33-16-19(5)6)27(30)20-7-10-24(32-15-18(3)4)21(11-20)12-26(28)29;;;;;;;;;;;;;;/h7-11,13,17-19,27,30H,12,14-16H2,1-6H3,(H,28,29);;;;;;;;;;;;;;. The average Bonchev–Trinajstić information content (AvgIpc) is 2.74. The van der Waals surface area contributed by atoms with E-state index in [1.165, 1.54) is 0 Å². The molecule has 0 saturated carbocycles. The van der Waals surface area contributed by atoms with Gasteiger partial charge in [-0.15, -0.1) is 0 Å². The second-order valence-corrected chi connectivity index (χ2v) is 9.65. The second-order valence-electron chi connectivity index (χ2n) is 9.65. The zero-order valence-electron chi connectivity index (χ0n) is 25.1. The van der Waals surface area contributed by atoms with Gasteiger partial charge in [0.1, 0.15) is 23.4 Å². The number of aliphatic hydroxyl groups is 1. The van der Waals surface area contributed by atoms with Crippen molar-refractivity contribution in [1.82, 2.24) is 0 Å². The topological polar surface area (TPSA) is 85.2 Å². The first-order valence-electron chi connectivity index (χ1n) is 11.6. The fourth-order valence-corrected chi connectivity index (χ4v) is 3.12. The molecule has 0 aliphatic heterocycles. The van der Waals surface area contributed by atoms with Gasteiger partial charge in [-0.1, -0.05) is 47.6 Å². The molecule has 322 valence electrons. The maximum atomic E-state index is 11.4. The van der Waals surface area contributed by atoms with Crippen LogP contribution in [0, 0.1) is 17.8 Å². The van der Waals surface area contributed by atoms with Crippen LogP contribution in [0.15, 0.2) is 36.4 Å². The van der Waals surface area contributed by atoms with E-state index >= 15 is 0 Å². The fraction of sp³-hybridized carbons (Fsp3) is 0.519. The van der Waals surface area contributed by atoms with E-state index < -0.39 is 12.1 Å². The van der Waals surface area contributed by atoms with E-state index in [9.17, 15) is 15.0 Å². The summed E-state index contributed by atoms with van der Waals surface area (Å²) in [5, 5.41) is 20.6. The SMILES string of the molecule is CC(C)COc1ccc(C(O)c2ccc(OCC(C)C)c(CC(=O)O)c2)c(OCC(C)C)c1.[Ni].[Ni].[Ni].[Ni].[Ni].[Ni].[Ni].[Ni].[Ni].[Ni].[Ni].[Ni].[Ni].[Ni]. The van der Waals surface area contributed by atoms with Gasteiger partial charge in [0.15, 0.2) is 0 Å². The van der Waals surface area contributed by atoms with Crippen LogP contribution in [0.1, 0.15) is 64.3 Å². The van der Waals surface area contributed by atoms with E-state index in [0.29, 0.717) is 71.5 Å². The Labute approximate surface area is 422 Å². The number of rotatable bonds is 13. The molecule has 0 saturated heterocycles. The summed E-state index contributed by atoms with van der Waals surface area (Å²) in [6.07, 6.45) is -1.18. The van der Waals surface area contributed by atoms with E-state index in [4.69, 9.17) is 14.2 Å². The van der Waals surface area contributed by atoms with Crippen LogP contribution in [-0.2, 0) is 242 Å². The number of carboxylic acids is 1. The van der Waals surface area contributed by atoms with E-state index in [0.717, 1.165) is 0 Å². The van der Waals surface area contributed by atoms with Crippen LogP contribution in [0.5, 0.6) is 17.2 Å². The minimum Gasteiger partial charge on any atom is -0.493 e. The Hall–Kier alpha value is 4.18. The first kappa shape index (κ1) is 88.4. The summed E-state index contributed by atoms with van der Waals surface area (Å²) in [7, 11) is 0. The summed E-state index contributed by atoms with van der Waals surface area (Å²) in [5.74, 6) is 1.82. The van der Waals surface area contributed by atoms with Gasteiger partial charge in [0.2, 0.25) is 0 Å². The molecule has 2 aromatic carbocycles. The fourth-order valence-electron chi connectivity index (χ4n) is 3.12. The normalized spacial score (nSPS) is 8.64. The summed E-state index contributed by atoms with van der Waals surface area (Å²) in [5.41, 5.74) is 1.71. The van der Waals surface area contributed by atoms with Crippen molar-refractivity contribution in [1.29, 1.82) is 0 Å². The monoisotopic (exact) mass is 1270 g/mol. The molecule has 0 radical (unpaired) electrons. The number of carboxylic acid groups (broad SMARTS) is 1. The molecule has 0 aromatic heterocycles. The van der Waals surface area contributed by atoms with Gasteiger partial charge >= 0.3 is 5.97 Å². The summed E-state index contributed by atoms with van der Waals surface area (Å²) in [6, 6.07) is 10.6. The molecule has 2 rings (SSSR count). The molecule has 1 unspecified atom stereocenters. The second kappa shape index (κ2) is 48.2. The molecule has 2 aromatic rings. The van der Waals surface area contributed by atoms with E-state index in [1.807, 2.05) is 26.0 Å². The number of ether oxygens (including phenoxy) is 3. The molecule has 6 nitrogen and oxygen atoms in total. The Balaban J connectivity index is -0.0000000751. The van der Waals surface area contributed by atoms with Gasteiger partial charge in [-0.2, -0.15) is 0 Å². The van der Waals surface area contributed by atoms with Crippen molar-refractivity contribution in [2.24, 2.45) is 17.8 Å². The van der Waals surface area contributed by atoms with Crippen LogP contribution in [0.4, 0.5) is 0 Å². The Morgan fingerprint density at radius 3 is 1.38 bits per heavy atom. The molecule has 0 amide bonds. The number of hydrogen-bond acceptors (Lipinski definition) is 5. The van der Waals surface area contributed by atoms with E-state index in [2.05, 4.69) is 27.7 Å². The zero-order chi connectivity index (χ0) is 24.5. The van der Waals surface area contributed by atoms with Gasteiger partial charge < -0.3 is 24.4 Å². The predicted octanol–water partition coefficient (Wildman–Crippen LogP) is 5.46. The first-order chi connectivity index (χ1) is 15.6. The quantitative estimate of drug-likeness (QED) is 0.260. The van der Waals surface area contributed by atoms with Crippen molar-refractivity contribution in [3.8, 4) is 17.2 Å². The minimum atomic E-state index is -0.988. The third-order valence-electron chi connectivity index (χ3n) is 4.75. The van der Waals surface area contributed by atoms with Crippen LogP contribution in [0.3, 0.4) is 0 Å². The summed E-state index contributed by atoms with van der Waals surface area (Å²) in [4.78, 5) is 11.4. The first-order valence-corrected chi connectivity index (χ1v) is 11.6. The van der Waals surface area contributed by atoms with Crippen molar-refractivity contribution in [3.63, 3.8) is 0 Å².